The van der Waals surface area contributed by atoms with E-state index in [1.54, 1.807) is 30.5 Å². The molecule has 0 fully saturated rings. The van der Waals surface area contributed by atoms with E-state index < -0.39 is 0 Å². The van der Waals surface area contributed by atoms with Gasteiger partial charge in [-0.2, -0.15) is 0 Å². The van der Waals surface area contributed by atoms with E-state index in [0.717, 1.165) is 16.7 Å². The molecule has 2 amide bonds. The van der Waals surface area contributed by atoms with Gasteiger partial charge in [-0.1, -0.05) is 48.1 Å². The number of carbonyl (C=O) groups is 2. The van der Waals surface area contributed by atoms with Crippen LogP contribution in [0.5, 0.6) is 0 Å². The molecule has 27 heavy (non-hydrogen) atoms. The van der Waals surface area contributed by atoms with Gasteiger partial charge in [0.2, 0.25) is 0 Å². The first kappa shape index (κ1) is 18.6. The third-order valence-electron chi connectivity index (χ3n) is 4.31. The molecule has 0 atom stereocenters. The molecule has 0 unspecified atom stereocenters. The summed E-state index contributed by atoms with van der Waals surface area (Å²) in [7, 11) is 0. The molecule has 0 saturated carbocycles. The minimum Gasteiger partial charge on any atom is -0.392 e. The molecule has 0 aliphatic carbocycles. The number of rotatable bonds is 8. The van der Waals surface area contributed by atoms with Crippen LogP contribution in [0.1, 0.15) is 38.8 Å². The third kappa shape index (κ3) is 4.50. The molecule has 5 heteroatoms. The van der Waals surface area contributed by atoms with Crippen molar-refractivity contribution in [3.8, 4) is 0 Å². The van der Waals surface area contributed by atoms with Gasteiger partial charge >= 0.3 is 0 Å². The maximum Gasteiger partial charge on any atom is 0.261 e. The van der Waals surface area contributed by atoms with Gasteiger partial charge in [-0.3, -0.25) is 14.5 Å². The standard InChI is InChI=1S/C22H22N2O3/c1-16(2)15-27-23-13-11-17-7-9-18(10-8-17)12-14-24-21(25)19-5-3-4-6-20(19)22(24)26/h3-10,13H,1,11-12,14-15H2,2H3. The second kappa shape index (κ2) is 8.45. The van der Waals surface area contributed by atoms with Crippen molar-refractivity contribution < 1.29 is 14.4 Å². The summed E-state index contributed by atoms with van der Waals surface area (Å²) in [5, 5.41) is 3.89. The fourth-order valence-electron chi connectivity index (χ4n) is 2.87. The Hall–Kier alpha value is -3.21. The Bertz CT molecular complexity index is 850. The molecule has 5 nitrogen and oxygen atoms in total. The summed E-state index contributed by atoms with van der Waals surface area (Å²) < 4.78 is 0. The predicted octanol–water partition coefficient (Wildman–Crippen LogP) is 3.65. The van der Waals surface area contributed by atoms with Crippen LogP contribution in [-0.2, 0) is 17.7 Å². The van der Waals surface area contributed by atoms with E-state index in [4.69, 9.17) is 4.84 Å². The fraction of sp³-hybridized carbons (Fsp3) is 0.227. The van der Waals surface area contributed by atoms with Crippen molar-refractivity contribution in [3.63, 3.8) is 0 Å². The van der Waals surface area contributed by atoms with Crippen LogP contribution < -0.4 is 0 Å². The van der Waals surface area contributed by atoms with Crippen LogP contribution in [0.2, 0.25) is 0 Å². The van der Waals surface area contributed by atoms with Gasteiger partial charge in [-0.15, -0.1) is 0 Å². The average molecular weight is 362 g/mol. The highest BCUT2D eigenvalue weighted by Crippen LogP contribution is 2.22. The predicted molar refractivity (Wildman–Crippen MR) is 105 cm³/mol. The topological polar surface area (TPSA) is 59.0 Å². The Labute approximate surface area is 158 Å². The summed E-state index contributed by atoms with van der Waals surface area (Å²) in [6.45, 7) is 6.43. The lowest BCUT2D eigenvalue weighted by atomic mass is 10.1. The van der Waals surface area contributed by atoms with Crippen LogP contribution in [0.3, 0.4) is 0 Å². The minimum atomic E-state index is -0.210. The van der Waals surface area contributed by atoms with E-state index in [-0.39, 0.29) is 11.8 Å². The fourth-order valence-corrected chi connectivity index (χ4v) is 2.87. The van der Waals surface area contributed by atoms with Crippen LogP contribution in [0.25, 0.3) is 0 Å². The van der Waals surface area contributed by atoms with Crippen molar-refractivity contribution in [2.75, 3.05) is 13.2 Å². The summed E-state index contributed by atoms with van der Waals surface area (Å²) >= 11 is 0. The molecule has 2 aromatic rings. The lowest BCUT2D eigenvalue weighted by Crippen LogP contribution is -2.31. The molecule has 0 spiro atoms. The van der Waals surface area contributed by atoms with Crippen LogP contribution in [-0.4, -0.2) is 36.1 Å². The zero-order valence-corrected chi connectivity index (χ0v) is 15.4. The first-order chi connectivity index (χ1) is 13.1. The molecule has 0 saturated heterocycles. The molecule has 138 valence electrons. The Morgan fingerprint density at radius 2 is 1.63 bits per heavy atom. The molecule has 0 radical (unpaired) electrons. The summed E-state index contributed by atoms with van der Waals surface area (Å²) in [5.74, 6) is -0.420. The normalized spacial score (nSPS) is 13.3. The highest BCUT2D eigenvalue weighted by Gasteiger charge is 2.34. The lowest BCUT2D eigenvalue weighted by Gasteiger charge is -2.13. The van der Waals surface area contributed by atoms with Crippen molar-refractivity contribution in [2.45, 2.75) is 19.8 Å². The first-order valence-electron chi connectivity index (χ1n) is 8.87. The zero-order valence-electron chi connectivity index (χ0n) is 15.4. The molecule has 2 aromatic carbocycles. The highest BCUT2D eigenvalue weighted by molar-refractivity contribution is 6.21. The summed E-state index contributed by atoms with van der Waals surface area (Å²) in [6, 6.07) is 15.0. The van der Waals surface area contributed by atoms with Gasteiger partial charge in [0.05, 0.1) is 11.1 Å². The van der Waals surface area contributed by atoms with Gasteiger partial charge in [0.25, 0.3) is 11.8 Å². The highest BCUT2D eigenvalue weighted by atomic mass is 16.6. The number of carbonyl (C=O) groups excluding carboxylic acids is 2. The van der Waals surface area contributed by atoms with Crippen molar-refractivity contribution in [3.05, 3.63) is 82.9 Å². The van der Waals surface area contributed by atoms with Gasteiger partial charge < -0.3 is 4.84 Å². The maximum absolute atomic E-state index is 12.4. The number of nitrogens with zero attached hydrogens (tertiary/aromatic N) is 2. The molecule has 0 bridgehead atoms. The van der Waals surface area contributed by atoms with E-state index in [1.807, 2.05) is 31.2 Å². The SMILES string of the molecule is C=C(C)CON=CCc1ccc(CCN2C(=O)c3ccccc3C2=O)cc1. The largest absolute Gasteiger partial charge is 0.392 e. The molecule has 0 aromatic heterocycles. The Morgan fingerprint density at radius 3 is 2.22 bits per heavy atom. The Balaban J connectivity index is 1.52. The first-order valence-corrected chi connectivity index (χ1v) is 8.87. The van der Waals surface area contributed by atoms with Gasteiger partial charge in [0.15, 0.2) is 0 Å². The zero-order chi connectivity index (χ0) is 19.2. The summed E-state index contributed by atoms with van der Waals surface area (Å²) in [6.07, 6.45) is 3.02. The number of fused-ring (bicyclic) bond motifs is 1. The molecule has 0 N–H and O–H groups in total. The van der Waals surface area contributed by atoms with E-state index in [9.17, 15) is 9.59 Å². The molecule has 1 aliphatic heterocycles. The smallest absolute Gasteiger partial charge is 0.261 e. The average Bonchev–Trinajstić information content (AvgIpc) is 2.91. The Kier molecular flexibility index (Phi) is 5.81. The quantitative estimate of drug-likeness (QED) is 0.312. The number of imide groups is 1. The number of hydrogen-bond acceptors (Lipinski definition) is 4. The monoisotopic (exact) mass is 362 g/mol. The molecule has 3 rings (SSSR count). The van der Waals surface area contributed by atoms with E-state index in [0.29, 0.717) is 37.1 Å². The maximum atomic E-state index is 12.4. The van der Waals surface area contributed by atoms with Gasteiger partial charge in [-0.05, 0) is 42.2 Å². The molecule has 1 aliphatic rings. The number of hydrogen-bond donors (Lipinski definition) is 0. The van der Waals surface area contributed by atoms with Crippen LogP contribution in [0.15, 0.2) is 65.8 Å². The van der Waals surface area contributed by atoms with Crippen molar-refractivity contribution in [2.24, 2.45) is 5.16 Å². The van der Waals surface area contributed by atoms with Crippen LogP contribution in [0, 0.1) is 0 Å². The van der Waals surface area contributed by atoms with E-state index >= 15 is 0 Å². The van der Waals surface area contributed by atoms with Gasteiger partial charge in [0.1, 0.15) is 6.61 Å². The van der Waals surface area contributed by atoms with E-state index in [1.165, 1.54) is 4.90 Å². The minimum absolute atomic E-state index is 0.210. The molecule has 1 heterocycles. The van der Waals surface area contributed by atoms with Crippen molar-refractivity contribution >= 4 is 18.0 Å². The second-order valence-corrected chi connectivity index (χ2v) is 6.60. The summed E-state index contributed by atoms with van der Waals surface area (Å²) in [5.41, 5.74) is 4.10. The van der Waals surface area contributed by atoms with Crippen molar-refractivity contribution in [1.82, 2.24) is 4.90 Å². The van der Waals surface area contributed by atoms with Gasteiger partial charge in [-0.25, -0.2) is 0 Å². The van der Waals surface area contributed by atoms with Crippen molar-refractivity contribution in [1.29, 1.82) is 0 Å². The number of benzene rings is 2. The lowest BCUT2D eigenvalue weighted by molar-refractivity contribution is 0.0656. The second-order valence-electron chi connectivity index (χ2n) is 6.60. The number of amides is 2. The van der Waals surface area contributed by atoms with Crippen LogP contribution >= 0.6 is 0 Å². The van der Waals surface area contributed by atoms with Gasteiger partial charge in [0, 0.05) is 19.2 Å². The third-order valence-corrected chi connectivity index (χ3v) is 4.31. The summed E-state index contributed by atoms with van der Waals surface area (Å²) in [4.78, 5) is 31.1. The Morgan fingerprint density at radius 1 is 1.04 bits per heavy atom. The number of oxime groups is 1. The van der Waals surface area contributed by atoms with E-state index in [2.05, 4.69) is 11.7 Å². The molecular formula is C22H22N2O3. The van der Waals surface area contributed by atoms with Crippen LogP contribution in [0.4, 0.5) is 0 Å². The molecular weight excluding hydrogens is 340 g/mol.